The quantitative estimate of drug-likeness (QED) is 0.782. The normalized spacial score (nSPS) is 27.4. The van der Waals surface area contributed by atoms with Gasteiger partial charge in [0, 0.05) is 26.6 Å². The fraction of sp³-hybridized carbons (Fsp3) is 0.769. The van der Waals surface area contributed by atoms with Crippen molar-refractivity contribution in [3.05, 3.63) is 0 Å². The first-order valence-electron chi connectivity index (χ1n) is 6.79. The van der Waals surface area contributed by atoms with Gasteiger partial charge in [0.2, 0.25) is 11.8 Å². The molecule has 2 rings (SSSR count). The SMILES string of the molecule is CC(=O)N1CCCC(C(=O)N2CCC[C@H]2C(=O)O)C1. The first-order chi connectivity index (χ1) is 9.00. The third-order valence-electron chi connectivity index (χ3n) is 4.04. The van der Waals surface area contributed by atoms with E-state index < -0.39 is 12.0 Å². The lowest BCUT2D eigenvalue weighted by molar-refractivity contribution is -0.151. The highest BCUT2D eigenvalue weighted by atomic mass is 16.4. The number of hydrogen-bond donors (Lipinski definition) is 1. The number of amides is 2. The standard InChI is InChI=1S/C13H20N2O4/c1-9(16)14-6-2-4-10(8-14)12(17)15-7-3-5-11(15)13(18)19/h10-11H,2-8H2,1H3,(H,18,19)/t10?,11-/m0/s1. The minimum Gasteiger partial charge on any atom is -0.480 e. The molecule has 2 aliphatic heterocycles. The Labute approximate surface area is 112 Å². The number of carbonyl (C=O) groups excluding carboxylic acids is 2. The third kappa shape index (κ3) is 2.88. The molecular weight excluding hydrogens is 248 g/mol. The highest BCUT2D eigenvalue weighted by Gasteiger charge is 2.38. The summed E-state index contributed by atoms with van der Waals surface area (Å²) < 4.78 is 0. The Bertz CT molecular complexity index is 396. The Morgan fingerprint density at radius 2 is 1.79 bits per heavy atom. The Morgan fingerprint density at radius 1 is 1.11 bits per heavy atom. The van der Waals surface area contributed by atoms with E-state index in [2.05, 4.69) is 0 Å². The molecule has 0 aromatic carbocycles. The zero-order valence-corrected chi connectivity index (χ0v) is 11.2. The molecule has 2 atom stereocenters. The van der Waals surface area contributed by atoms with Crippen LogP contribution in [0.1, 0.15) is 32.6 Å². The van der Waals surface area contributed by atoms with Crippen LogP contribution in [0.15, 0.2) is 0 Å². The van der Waals surface area contributed by atoms with Crippen molar-refractivity contribution in [1.82, 2.24) is 9.80 Å². The van der Waals surface area contributed by atoms with Gasteiger partial charge in [-0.05, 0) is 25.7 Å². The van der Waals surface area contributed by atoms with Gasteiger partial charge in [-0.25, -0.2) is 4.79 Å². The molecule has 2 heterocycles. The minimum absolute atomic E-state index is 0.0197. The summed E-state index contributed by atoms with van der Waals surface area (Å²) >= 11 is 0. The van der Waals surface area contributed by atoms with E-state index >= 15 is 0 Å². The molecule has 2 fully saturated rings. The van der Waals surface area contributed by atoms with E-state index in [-0.39, 0.29) is 17.7 Å². The molecule has 19 heavy (non-hydrogen) atoms. The van der Waals surface area contributed by atoms with Gasteiger partial charge >= 0.3 is 5.97 Å². The van der Waals surface area contributed by atoms with Crippen LogP contribution < -0.4 is 0 Å². The van der Waals surface area contributed by atoms with Crippen LogP contribution in [0.25, 0.3) is 0 Å². The summed E-state index contributed by atoms with van der Waals surface area (Å²) in [6.45, 7) is 3.15. The number of piperidine rings is 1. The topological polar surface area (TPSA) is 77.9 Å². The van der Waals surface area contributed by atoms with Gasteiger partial charge in [0.05, 0.1) is 5.92 Å². The Hall–Kier alpha value is -1.59. The van der Waals surface area contributed by atoms with E-state index in [0.29, 0.717) is 26.1 Å². The molecule has 2 amide bonds. The van der Waals surface area contributed by atoms with Gasteiger partial charge < -0.3 is 14.9 Å². The zero-order chi connectivity index (χ0) is 14.0. The lowest BCUT2D eigenvalue weighted by Gasteiger charge is -2.34. The molecule has 0 saturated carbocycles. The fourth-order valence-electron chi connectivity index (χ4n) is 2.99. The molecule has 106 valence electrons. The average Bonchev–Trinajstić information content (AvgIpc) is 2.87. The van der Waals surface area contributed by atoms with Gasteiger partial charge in [-0.1, -0.05) is 0 Å². The van der Waals surface area contributed by atoms with Gasteiger partial charge in [0.25, 0.3) is 0 Å². The van der Waals surface area contributed by atoms with Crippen LogP contribution in [0.4, 0.5) is 0 Å². The second-order valence-corrected chi connectivity index (χ2v) is 5.33. The van der Waals surface area contributed by atoms with Gasteiger partial charge in [-0.3, -0.25) is 9.59 Å². The number of carbonyl (C=O) groups is 3. The van der Waals surface area contributed by atoms with E-state index in [1.165, 1.54) is 11.8 Å². The average molecular weight is 268 g/mol. The van der Waals surface area contributed by atoms with E-state index in [4.69, 9.17) is 5.11 Å². The van der Waals surface area contributed by atoms with Crippen LogP contribution in [0.3, 0.4) is 0 Å². The number of nitrogens with zero attached hydrogens (tertiary/aromatic N) is 2. The monoisotopic (exact) mass is 268 g/mol. The second kappa shape index (κ2) is 5.59. The molecule has 1 N–H and O–H groups in total. The zero-order valence-electron chi connectivity index (χ0n) is 11.2. The molecular formula is C13H20N2O4. The summed E-state index contributed by atoms with van der Waals surface area (Å²) in [4.78, 5) is 38.1. The number of carboxylic acid groups (broad SMARTS) is 1. The summed E-state index contributed by atoms with van der Waals surface area (Å²) in [6, 6.07) is -0.680. The Kier molecular flexibility index (Phi) is 4.07. The number of carboxylic acids is 1. The van der Waals surface area contributed by atoms with Gasteiger partial charge in [0.1, 0.15) is 6.04 Å². The smallest absolute Gasteiger partial charge is 0.326 e. The predicted octanol–water partition coefficient (Wildman–Crippen LogP) is 0.320. The molecule has 0 radical (unpaired) electrons. The summed E-state index contributed by atoms with van der Waals surface area (Å²) in [6.07, 6.45) is 2.82. The van der Waals surface area contributed by atoms with Crippen LogP contribution in [0.5, 0.6) is 0 Å². The number of hydrogen-bond acceptors (Lipinski definition) is 3. The minimum atomic E-state index is -0.926. The van der Waals surface area contributed by atoms with Crippen LogP contribution in [-0.2, 0) is 14.4 Å². The number of rotatable bonds is 2. The Balaban J connectivity index is 2.02. The van der Waals surface area contributed by atoms with Crippen molar-refractivity contribution in [2.75, 3.05) is 19.6 Å². The lowest BCUT2D eigenvalue weighted by Crippen LogP contribution is -2.49. The van der Waals surface area contributed by atoms with E-state index in [9.17, 15) is 14.4 Å². The van der Waals surface area contributed by atoms with Crippen molar-refractivity contribution in [3.8, 4) is 0 Å². The molecule has 0 aromatic heterocycles. The highest BCUT2D eigenvalue weighted by molar-refractivity contribution is 5.86. The van der Waals surface area contributed by atoms with E-state index in [1.807, 2.05) is 0 Å². The molecule has 2 aliphatic rings. The molecule has 6 heteroatoms. The summed E-state index contributed by atoms with van der Waals surface area (Å²) in [5, 5.41) is 9.11. The van der Waals surface area contributed by atoms with Gasteiger partial charge in [-0.15, -0.1) is 0 Å². The highest BCUT2D eigenvalue weighted by Crippen LogP contribution is 2.24. The summed E-state index contributed by atoms with van der Waals surface area (Å²) in [7, 11) is 0. The largest absolute Gasteiger partial charge is 0.480 e. The molecule has 2 saturated heterocycles. The molecule has 0 aliphatic carbocycles. The maximum absolute atomic E-state index is 12.4. The fourth-order valence-corrected chi connectivity index (χ4v) is 2.99. The summed E-state index contributed by atoms with van der Waals surface area (Å²) in [5.74, 6) is -1.28. The number of likely N-dealkylation sites (tertiary alicyclic amines) is 2. The third-order valence-corrected chi connectivity index (χ3v) is 4.04. The molecule has 0 spiro atoms. The van der Waals surface area contributed by atoms with E-state index in [1.54, 1.807) is 4.90 Å². The van der Waals surface area contributed by atoms with Crippen LogP contribution in [-0.4, -0.2) is 58.4 Å². The lowest BCUT2D eigenvalue weighted by atomic mass is 9.96. The van der Waals surface area contributed by atoms with Crippen molar-refractivity contribution in [2.24, 2.45) is 5.92 Å². The van der Waals surface area contributed by atoms with Crippen molar-refractivity contribution in [1.29, 1.82) is 0 Å². The van der Waals surface area contributed by atoms with Crippen LogP contribution >= 0.6 is 0 Å². The van der Waals surface area contributed by atoms with Crippen LogP contribution in [0.2, 0.25) is 0 Å². The first kappa shape index (κ1) is 13.8. The number of aliphatic carboxylic acids is 1. The van der Waals surface area contributed by atoms with Gasteiger partial charge in [-0.2, -0.15) is 0 Å². The Morgan fingerprint density at radius 3 is 2.42 bits per heavy atom. The van der Waals surface area contributed by atoms with Crippen molar-refractivity contribution < 1.29 is 19.5 Å². The molecule has 1 unspecified atom stereocenters. The summed E-state index contributed by atoms with van der Waals surface area (Å²) in [5.41, 5.74) is 0. The van der Waals surface area contributed by atoms with E-state index in [0.717, 1.165) is 19.3 Å². The van der Waals surface area contributed by atoms with Crippen molar-refractivity contribution in [3.63, 3.8) is 0 Å². The molecule has 0 bridgehead atoms. The predicted molar refractivity (Wildman–Crippen MR) is 67.3 cm³/mol. The molecule has 0 aromatic rings. The first-order valence-corrected chi connectivity index (χ1v) is 6.79. The van der Waals surface area contributed by atoms with Crippen LogP contribution in [0, 0.1) is 5.92 Å². The van der Waals surface area contributed by atoms with Crippen molar-refractivity contribution in [2.45, 2.75) is 38.6 Å². The maximum atomic E-state index is 12.4. The van der Waals surface area contributed by atoms with Crippen molar-refractivity contribution >= 4 is 17.8 Å². The molecule has 6 nitrogen and oxygen atoms in total. The van der Waals surface area contributed by atoms with Gasteiger partial charge in [0.15, 0.2) is 0 Å². The second-order valence-electron chi connectivity index (χ2n) is 5.33. The maximum Gasteiger partial charge on any atom is 0.326 e.